The molecule has 0 saturated carbocycles. The van der Waals surface area contributed by atoms with Crippen LogP contribution in [-0.4, -0.2) is 11.9 Å². The summed E-state index contributed by atoms with van der Waals surface area (Å²) in [6.45, 7) is 1.05. The summed E-state index contributed by atoms with van der Waals surface area (Å²) < 4.78 is 0. The molecule has 0 fully saturated rings. The SMILES string of the molecule is Clc1cc2c(cc1CCBr)CCN2. The molecular weight excluding hydrogens is 249 g/mol. The first-order valence-electron chi connectivity index (χ1n) is 4.42. The predicted octanol–water partition coefficient (Wildman–Crippen LogP) is 3.25. The third-order valence-electron chi connectivity index (χ3n) is 2.35. The van der Waals surface area contributed by atoms with Gasteiger partial charge in [0.25, 0.3) is 0 Å². The van der Waals surface area contributed by atoms with E-state index in [2.05, 4.69) is 27.3 Å². The molecule has 13 heavy (non-hydrogen) atoms. The standard InChI is InChI=1S/C10H11BrClN/c11-3-1-7-5-8-2-4-13-10(8)6-9(7)12/h5-6,13H,1-4H2. The zero-order chi connectivity index (χ0) is 9.26. The lowest BCUT2D eigenvalue weighted by atomic mass is 10.1. The Morgan fingerprint density at radius 3 is 3.08 bits per heavy atom. The van der Waals surface area contributed by atoms with Crippen LogP contribution in [0.5, 0.6) is 0 Å². The van der Waals surface area contributed by atoms with E-state index in [-0.39, 0.29) is 0 Å². The molecule has 1 heterocycles. The highest BCUT2D eigenvalue weighted by Gasteiger charge is 2.12. The second-order valence-electron chi connectivity index (χ2n) is 3.22. The van der Waals surface area contributed by atoms with E-state index < -0.39 is 0 Å². The Balaban J connectivity index is 2.37. The summed E-state index contributed by atoms with van der Waals surface area (Å²) in [5, 5.41) is 5.17. The molecule has 0 aliphatic carbocycles. The number of fused-ring (bicyclic) bond motifs is 1. The molecule has 1 aliphatic rings. The van der Waals surface area contributed by atoms with Crippen molar-refractivity contribution < 1.29 is 0 Å². The smallest absolute Gasteiger partial charge is 0.0459 e. The fraction of sp³-hybridized carbons (Fsp3) is 0.400. The van der Waals surface area contributed by atoms with Crippen LogP contribution in [0.3, 0.4) is 0 Å². The van der Waals surface area contributed by atoms with Gasteiger partial charge in [-0.15, -0.1) is 0 Å². The van der Waals surface area contributed by atoms with Gasteiger partial charge in [-0.25, -0.2) is 0 Å². The summed E-state index contributed by atoms with van der Waals surface area (Å²) >= 11 is 9.55. The molecule has 0 atom stereocenters. The fourth-order valence-corrected chi connectivity index (χ4v) is 2.35. The van der Waals surface area contributed by atoms with Gasteiger partial charge in [-0.3, -0.25) is 0 Å². The Morgan fingerprint density at radius 2 is 2.31 bits per heavy atom. The number of alkyl halides is 1. The highest BCUT2D eigenvalue weighted by atomic mass is 79.9. The van der Waals surface area contributed by atoms with Crippen molar-refractivity contribution in [3.8, 4) is 0 Å². The third kappa shape index (κ3) is 1.84. The zero-order valence-corrected chi connectivity index (χ0v) is 9.58. The highest BCUT2D eigenvalue weighted by Crippen LogP contribution is 2.29. The van der Waals surface area contributed by atoms with E-state index in [9.17, 15) is 0 Å². The summed E-state index contributed by atoms with van der Waals surface area (Å²) in [6.07, 6.45) is 2.13. The molecule has 1 nitrogen and oxygen atoms in total. The van der Waals surface area contributed by atoms with Gasteiger partial charge in [0, 0.05) is 22.6 Å². The van der Waals surface area contributed by atoms with Crippen molar-refractivity contribution in [3.63, 3.8) is 0 Å². The Kier molecular flexibility index (Phi) is 2.80. The Hall–Kier alpha value is -0.210. The van der Waals surface area contributed by atoms with Crippen molar-refractivity contribution in [1.82, 2.24) is 0 Å². The monoisotopic (exact) mass is 259 g/mol. The number of aryl methyl sites for hydroxylation is 1. The second-order valence-corrected chi connectivity index (χ2v) is 4.42. The molecule has 2 rings (SSSR count). The van der Waals surface area contributed by atoms with Crippen molar-refractivity contribution in [3.05, 3.63) is 28.3 Å². The van der Waals surface area contributed by atoms with Crippen LogP contribution in [-0.2, 0) is 12.8 Å². The zero-order valence-electron chi connectivity index (χ0n) is 7.24. The fourth-order valence-electron chi connectivity index (χ4n) is 1.67. The van der Waals surface area contributed by atoms with Gasteiger partial charge in [0.05, 0.1) is 0 Å². The van der Waals surface area contributed by atoms with Crippen LogP contribution in [0, 0.1) is 0 Å². The van der Waals surface area contributed by atoms with Crippen LogP contribution in [0.25, 0.3) is 0 Å². The normalized spacial score (nSPS) is 14.0. The molecule has 0 saturated heterocycles. The molecule has 0 bridgehead atoms. The number of halogens is 2. The van der Waals surface area contributed by atoms with Crippen molar-refractivity contribution in [1.29, 1.82) is 0 Å². The quantitative estimate of drug-likeness (QED) is 0.805. The lowest BCUT2D eigenvalue weighted by Crippen LogP contribution is -1.91. The van der Waals surface area contributed by atoms with E-state index in [1.807, 2.05) is 6.07 Å². The van der Waals surface area contributed by atoms with E-state index in [1.54, 1.807) is 0 Å². The molecule has 0 unspecified atom stereocenters. The summed E-state index contributed by atoms with van der Waals surface area (Å²) in [5.74, 6) is 0. The van der Waals surface area contributed by atoms with Crippen molar-refractivity contribution in [2.24, 2.45) is 0 Å². The molecular formula is C10H11BrClN. The van der Waals surface area contributed by atoms with E-state index in [1.165, 1.54) is 16.8 Å². The van der Waals surface area contributed by atoms with E-state index >= 15 is 0 Å². The lowest BCUT2D eigenvalue weighted by Gasteiger charge is -2.06. The molecule has 70 valence electrons. The largest absolute Gasteiger partial charge is 0.384 e. The summed E-state index contributed by atoms with van der Waals surface area (Å²) in [6, 6.07) is 4.26. The summed E-state index contributed by atoms with van der Waals surface area (Å²) in [4.78, 5) is 0. The average molecular weight is 261 g/mol. The van der Waals surface area contributed by atoms with Gasteiger partial charge < -0.3 is 5.32 Å². The Bertz CT molecular complexity index is 325. The molecule has 0 radical (unpaired) electrons. The molecule has 0 amide bonds. The maximum Gasteiger partial charge on any atom is 0.0459 e. The van der Waals surface area contributed by atoms with Gasteiger partial charge in [-0.2, -0.15) is 0 Å². The molecule has 1 aromatic carbocycles. The van der Waals surface area contributed by atoms with Crippen LogP contribution >= 0.6 is 27.5 Å². The minimum absolute atomic E-state index is 0.882. The van der Waals surface area contributed by atoms with Gasteiger partial charge in [0.2, 0.25) is 0 Å². The summed E-state index contributed by atoms with van der Waals surface area (Å²) in [7, 11) is 0. The van der Waals surface area contributed by atoms with Crippen LogP contribution in [0.15, 0.2) is 12.1 Å². The van der Waals surface area contributed by atoms with Crippen molar-refractivity contribution in [2.45, 2.75) is 12.8 Å². The van der Waals surface area contributed by atoms with Crippen LogP contribution < -0.4 is 5.32 Å². The van der Waals surface area contributed by atoms with Gasteiger partial charge in [-0.1, -0.05) is 33.6 Å². The predicted molar refractivity (Wildman–Crippen MR) is 61.1 cm³/mol. The molecule has 1 aliphatic heterocycles. The van der Waals surface area contributed by atoms with Crippen LogP contribution in [0.2, 0.25) is 5.02 Å². The minimum atomic E-state index is 0.882. The van der Waals surface area contributed by atoms with E-state index in [0.29, 0.717) is 0 Å². The van der Waals surface area contributed by atoms with E-state index in [0.717, 1.165) is 29.7 Å². The molecule has 0 aromatic heterocycles. The van der Waals surface area contributed by atoms with Crippen molar-refractivity contribution in [2.75, 3.05) is 17.2 Å². The topological polar surface area (TPSA) is 12.0 Å². The third-order valence-corrected chi connectivity index (χ3v) is 3.09. The number of nitrogens with one attached hydrogen (secondary N) is 1. The van der Waals surface area contributed by atoms with Crippen LogP contribution in [0.1, 0.15) is 11.1 Å². The maximum absolute atomic E-state index is 6.13. The first-order valence-corrected chi connectivity index (χ1v) is 5.92. The molecule has 0 spiro atoms. The van der Waals surface area contributed by atoms with Gasteiger partial charge >= 0.3 is 0 Å². The molecule has 3 heteroatoms. The van der Waals surface area contributed by atoms with E-state index in [4.69, 9.17) is 11.6 Å². The van der Waals surface area contributed by atoms with Gasteiger partial charge in [0.1, 0.15) is 0 Å². The number of rotatable bonds is 2. The average Bonchev–Trinajstić information content (AvgIpc) is 2.52. The Labute approximate surface area is 91.6 Å². The van der Waals surface area contributed by atoms with Crippen LogP contribution in [0.4, 0.5) is 5.69 Å². The number of benzene rings is 1. The first kappa shape index (κ1) is 9.35. The number of hydrogen-bond acceptors (Lipinski definition) is 1. The van der Waals surface area contributed by atoms with Gasteiger partial charge in [0.15, 0.2) is 0 Å². The minimum Gasteiger partial charge on any atom is -0.384 e. The maximum atomic E-state index is 6.13. The number of hydrogen-bond donors (Lipinski definition) is 1. The second kappa shape index (κ2) is 3.89. The highest BCUT2D eigenvalue weighted by molar-refractivity contribution is 9.09. The molecule has 1 aromatic rings. The van der Waals surface area contributed by atoms with Gasteiger partial charge in [-0.05, 0) is 30.0 Å². The summed E-state index contributed by atoms with van der Waals surface area (Å²) in [5.41, 5.74) is 3.87. The lowest BCUT2D eigenvalue weighted by molar-refractivity contribution is 1.09. The molecule has 1 N–H and O–H groups in total. The number of anilines is 1. The Morgan fingerprint density at radius 1 is 1.46 bits per heavy atom. The first-order chi connectivity index (χ1) is 6.31. The van der Waals surface area contributed by atoms with Crippen molar-refractivity contribution >= 4 is 33.2 Å².